The molecule has 0 bridgehead atoms. The lowest BCUT2D eigenvalue weighted by Gasteiger charge is -2.19. The number of carbonyl (C=O) groups excluding carboxylic acids is 1. The first-order chi connectivity index (χ1) is 8.57. The number of anilines is 1. The van der Waals surface area contributed by atoms with Crippen LogP contribution in [-0.2, 0) is 4.79 Å². The minimum atomic E-state index is -0.554. The summed E-state index contributed by atoms with van der Waals surface area (Å²) >= 11 is 0. The highest BCUT2D eigenvalue weighted by Gasteiger charge is 2.35. The SMILES string of the molecule is Cc1ccc2c(c1C)N(CCCC#N)C(=O)C2N. The van der Waals surface area contributed by atoms with E-state index < -0.39 is 6.04 Å². The number of benzene rings is 1. The summed E-state index contributed by atoms with van der Waals surface area (Å²) < 4.78 is 0. The monoisotopic (exact) mass is 243 g/mol. The van der Waals surface area contributed by atoms with Crippen LogP contribution in [0.2, 0.25) is 0 Å². The molecular formula is C14H17N3O. The third-order valence-corrected chi connectivity index (χ3v) is 3.54. The van der Waals surface area contributed by atoms with Crippen molar-refractivity contribution < 1.29 is 4.79 Å². The molecule has 1 aromatic carbocycles. The molecule has 1 aliphatic heterocycles. The molecule has 18 heavy (non-hydrogen) atoms. The summed E-state index contributed by atoms with van der Waals surface area (Å²) in [5.74, 6) is -0.0587. The molecule has 1 aromatic rings. The molecule has 2 rings (SSSR count). The fourth-order valence-electron chi connectivity index (χ4n) is 2.38. The molecule has 1 amide bonds. The maximum Gasteiger partial charge on any atom is 0.248 e. The van der Waals surface area contributed by atoms with Crippen molar-refractivity contribution in [2.45, 2.75) is 32.7 Å². The van der Waals surface area contributed by atoms with E-state index in [9.17, 15) is 4.79 Å². The first kappa shape index (κ1) is 12.6. The van der Waals surface area contributed by atoms with Gasteiger partial charge in [-0.3, -0.25) is 4.79 Å². The molecule has 2 N–H and O–H groups in total. The average molecular weight is 243 g/mol. The van der Waals surface area contributed by atoms with Crippen LogP contribution in [0.1, 0.15) is 35.6 Å². The number of carbonyl (C=O) groups is 1. The van der Waals surface area contributed by atoms with Gasteiger partial charge in [-0.15, -0.1) is 0 Å². The summed E-state index contributed by atoms with van der Waals surface area (Å²) in [6.45, 7) is 4.60. The van der Waals surface area contributed by atoms with Crippen molar-refractivity contribution in [1.82, 2.24) is 0 Å². The minimum absolute atomic E-state index is 0.0587. The van der Waals surface area contributed by atoms with Crippen molar-refractivity contribution in [3.8, 4) is 6.07 Å². The number of amides is 1. The van der Waals surface area contributed by atoms with Gasteiger partial charge < -0.3 is 10.6 Å². The molecule has 0 radical (unpaired) electrons. The van der Waals surface area contributed by atoms with Crippen molar-refractivity contribution in [3.63, 3.8) is 0 Å². The van der Waals surface area contributed by atoms with Gasteiger partial charge in [-0.25, -0.2) is 0 Å². The van der Waals surface area contributed by atoms with Crippen LogP contribution in [0.4, 0.5) is 5.69 Å². The molecule has 0 aliphatic carbocycles. The highest BCUT2D eigenvalue weighted by Crippen LogP contribution is 2.38. The van der Waals surface area contributed by atoms with Crippen LogP contribution in [-0.4, -0.2) is 12.5 Å². The molecule has 0 fully saturated rings. The van der Waals surface area contributed by atoms with Crippen molar-refractivity contribution in [1.29, 1.82) is 5.26 Å². The van der Waals surface area contributed by atoms with E-state index >= 15 is 0 Å². The lowest BCUT2D eigenvalue weighted by molar-refractivity contribution is -0.119. The smallest absolute Gasteiger partial charge is 0.248 e. The Balaban J connectivity index is 2.37. The maximum absolute atomic E-state index is 12.1. The number of unbranched alkanes of at least 4 members (excludes halogenated alkanes) is 1. The predicted octanol–water partition coefficient (Wildman–Crippen LogP) is 1.95. The first-order valence-corrected chi connectivity index (χ1v) is 6.12. The molecule has 0 saturated carbocycles. The Morgan fingerprint density at radius 3 is 2.83 bits per heavy atom. The molecule has 94 valence electrons. The Morgan fingerprint density at radius 2 is 2.17 bits per heavy atom. The quantitative estimate of drug-likeness (QED) is 0.825. The summed E-state index contributed by atoms with van der Waals surface area (Å²) in [6.07, 6.45) is 1.14. The van der Waals surface area contributed by atoms with E-state index in [0.717, 1.165) is 22.4 Å². The number of nitriles is 1. The summed E-state index contributed by atoms with van der Waals surface area (Å²) in [5, 5.41) is 8.57. The van der Waals surface area contributed by atoms with Gasteiger partial charge in [0.1, 0.15) is 6.04 Å². The fourth-order valence-corrected chi connectivity index (χ4v) is 2.38. The van der Waals surface area contributed by atoms with Crippen molar-refractivity contribution in [2.75, 3.05) is 11.4 Å². The van der Waals surface area contributed by atoms with Crippen LogP contribution in [0.3, 0.4) is 0 Å². The lowest BCUT2D eigenvalue weighted by atomic mass is 10.0. The van der Waals surface area contributed by atoms with Crippen molar-refractivity contribution in [3.05, 3.63) is 28.8 Å². The second kappa shape index (κ2) is 4.79. The number of hydrogen-bond acceptors (Lipinski definition) is 3. The Bertz CT molecular complexity index is 531. The van der Waals surface area contributed by atoms with Gasteiger partial charge in [0.2, 0.25) is 5.91 Å². The van der Waals surface area contributed by atoms with Gasteiger partial charge in [0.05, 0.1) is 11.8 Å². The highest BCUT2D eigenvalue weighted by molar-refractivity contribution is 6.05. The number of nitrogens with two attached hydrogens (primary N) is 1. The molecule has 0 saturated heterocycles. The summed E-state index contributed by atoms with van der Waals surface area (Å²) in [7, 11) is 0. The molecule has 1 atom stereocenters. The predicted molar refractivity (Wildman–Crippen MR) is 70.0 cm³/mol. The molecule has 4 heteroatoms. The van der Waals surface area contributed by atoms with E-state index in [4.69, 9.17) is 11.0 Å². The second-order valence-corrected chi connectivity index (χ2v) is 4.67. The second-order valence-electron chi connectivity index (χ2n) is 4.67. The van der Waals surface area contributed by atoms with Gasteiger partial charge in [-0.05, 0) is 31.4 Å². The van der Waals surface area contributed by atoms with Gasteiger partial charge in [-0.1, -0.05) is 12.1 Å². The number of rotatable bonds is 3. The molecule has 0 spiro atoms. The Labute approximate surface area is 107 Å². The first-order valence-electron chi connectivity index (χ1n) is 6.12. The third kappa shape index (κ3) is 1.87. The zero-order valence-electron chi connectivity index (χ0n) is 10.7. The number of aryl methyl sites for hydroxylation is 1. The summed E-state index contributed by atoms with van der Waals surface area (Å²) in [6, 6.07) is 5.48. The van der Waals surface area contributed by atoms with E-state index in [-0.39, 0.29) is 5.91 Å². The van der Waals surface area contributed by atoms with Gasteiger partial charge in [0, 0.05) is 18.5 Å². The fraction of sp³-hybridized carbons (Fsp3) is 0.429. The summed E-state index contributed by atoms with van der Waals surface area (Å²) in [4.78, 5) is 13.9. The standard InChI is InChI=1S/C14H17N3O/c1-9-5-6-11-12(16)14(18)17(8-4-3-7-15)13(11)10(9)2/h5-6,12H,3-4,8,16H2,1-2H3. The topological polar surface area (TPSA) is 70.1 Å². The van der Waals surface area contributed by atoms with Crippen LogP contribution < -0.4 is 10.6 Å². The summed E-state index contributed by atoms with van der Waals surface area (Å²) in [5.41, 5.74) is 10.1. The molecule has 1 aliphatic rings. The van der Waals surface area contributed by atoms with Crippen LogP contribution in [0, 0.1) is 25.2 Å². The Kier molecular flexibility index (Phi) is 3.35. The molecular weight excluding hydrogens is 226 g/mol. The zero-order valence-corrected chi connectivity index (χ0v) is 10.7. The number of nitrogens with zero attached hydrogens (tertiary/aromatic N) is 2. The zero-order chi connectivity index (χ0) is 13.3. The van der Waals surface area contributed by atoms with E-state index in [2.05, 4.69) is 6.07 Å². The van der Waals surface area contributed by atoms with E-state index in [0.29, 0.717) is 19.4 Å². The van der Waals surface area contributed by atoms with Gasteiger partial charge in [0.15, 0.2) is 0 Å². The van der Waals surface area contributed by atoms with Gasteiger partial charge in [-0.2, -0.15) is 5.26 Å². The molecule has 1 unspecified atom stereocenters. The van der Waals surface area contributed by atoms with E-state index in [1.807, 2.05) is 26.0 Å². The maximum atomic E-state index is 12.1. The highest BCUT2D eigenvalue weighted by atomic mass is 16.2. The third-order valence-electron chi connectivity index (χ3n) is 3.54. The number of fused-ring (bicyclic) bond motifs is 1. The number of hydrogen-bond donors (Lipinski definition) is 1. The average Bonchev–Trinajstić information content (AvgIpc) is 2.60. The van der Waals surface area contributed by atoms with Crippen LogP contribution in [0.5, 0.6) is 0 Å². The van der Waals surface area contributed by atoms with E-state index in [1.54, 1.807) is 4.90 Å². The normalized spacial score (nSPS) is 17.8. The van der Waals surface area contributed by atoms with Crippen LogP contribution in [0.15, 0.2) is 12.1 Å². The van der Waals surface area contributed by atoms with Crippen molar-refractivity contribution in [2.24, 2.45) is 5.73 Å². The molecule has 1 heterocycles. The van der Waals surface area contributed by atoms with Gasteiger partial charge >= 0.3 is 0 Å². The van der Waals surface area contributed by atoms with Crippen LogP contribution >= 0.6 is 0 Å². The van der Waals surface area contributed by atoms with Gasteiger partial charge in [0.25, 0.3) is 0 Å². The largest absolute Gasteiger partial charge is 0.316 e. The van der Waals surface area contributed by atoms with E-state index in [1.165, 1.54) is 0 Å². The minimum Gasteiger partial charge on any atom is -0.316 e. The Morgan fingerprint density at radius 1 is 1.44 bits per heavy atom. The Hall–Kier alpha value is -1.86. The molecule has 0 aromatic heterocycles. The van der Waals surface area contributed by atoms with Crippen molar-refractivity contribution >= 4 is 11.6 Å². The molecule has 4 nitrogen and oxygen atoms in total. The lowest BCUT2D eigenvalue weighted by Crippen LogP contribution is -2.32. The van der Waals surface area contributed by atoms with Crippen LogP contribution in [0.25, 0.3) is 0 Å².